The van der Waals surface area contributed by atoms with E-state index >= 15 is 0 Å². The van der Waals surface area contributed by atoms with Crippen molar-refractivity contribution in [2.75, 3.05) is 5.73 Å². The third kappa shape index (κ3) is 2.16. The molecule has 0 spiro atoms. The molecule has 0 aliphatic rings. The third-order valence-electron chi connectivity index (χ3n) is 1.81. The standard InChI is InChI=1S/C9H9N3O2S/c10-9-6(11-12-15-9)5-14-8-4-2-1-3-7(8)13/h1-4,13H,5,10H2. The number of aromatic hydroxyl groups is 1. The Morgan fingerprint density at radius 2 is 2.20 bits per heavy atom. The maximum atomic E-state index is 9.42. The lowest BCUT2D eigenvalue weighted by Crippen LogP contribution is -1.99. The molecule has 1 aromatic carbocycles. The highest BCUT2D eigenvalue weighted by Gasteiger charge is 2.06. The van der Waals surface area contributed by atoms with Crippen molar-refractivity contribution < 1.29 is 9.84 Å². The van der Waals surface area contributed by atoms with E-state index in [0.717, 1.165) is 11.5 Å². The molecule has 0 saturated carbocycles. The van der Waals surface area contributed by atoms with Crippen LogP contribution in [0.1, 0.15) is 5.69 Å². The number of ether oxygens (including phenoxy) is 1. The van der Waals surface area contributed by atoms with E-state index in [-0.39, 0.29) is 12.4 Å². The minimum absolute atomic E-state index is 0.0965. The highest BCUT2D eigenvalue weighted by molar-refractivity contribution is 7.09. The minimum Gasteiger partial charge on any atom is -0.504 e. The van der Waals surface area contributed by atoms with Crippen molar-refractivity contribution in [2.24, 2.45) is 0 Å². The molecule has 0 amide bonds. The molecule has 6 heteroatoms. The van der Waals surface area contributed by atoms with Gasteiger partial charge in [0.25, 0.3) is 0 Å². The third-order valence-corrected chi connectivity index (χ3v) is 2.41. The average Bonchev–Trinajstić information content (AvgIpc) is 2.63. The van der Waals surface area contributed by atoms with Gasteiger partial charge in [-0.1, -0.05) is 16.6 Å². The van der Waals surface area contributed by atoms with Crippen LogP contribution in [0.25, 0.3) is 0 Å². The maximum Gasteiger partial charge on any atom is 0.161 e. The summed E-state index contributed by atoms with van der Waals surface area (Å²) in [7, 11) is 0. The molecule has 0 fully saturated rings. The molecule has 2 aromatic rings. The van der Waals surface area contributed by atoms with Crippen molar-refractivity contribution in [3.05, 3.63) is 30.0 Å². The second-order valence-electron chi connectivity index (χ2n) is 2.84. The van der Waals surface area contributed by atoms with Crippen molar-refractivity contribution in [3.63, 3.8) is 0 Å². The number of benzene rings is 1. The number of rotatable bonds is 3. The fourth-order valence-corrected chi connectivity index (χ4v) is 1.47. The van der Waals surface area contributed by atoms with Crippen LogP contribution in [0.15, 0.2) is 24.3 Å². The largest absolute Gasteiger partial charge is 0.504 e. The molecule has 3 N–H and O–H groups in total. The van der Waals surface area contributed by atoms with Gasteiger partial charge in [-0.05, 0) is 12.1 Å². The van der Waals surface area contributed by atoms with Crippen molar-refractivity contribution in [2.45, 2.75) is 6.61 Å². The molecular weight excluding hydrogens is 214 g/mol. The highest BCUT2D eigenvalue weighted by atomic mass is 32.1. The number of phenols is 1. The zero-order valence-corrected chi connectivity index (χ0v) is 8.57. The Kier molecular flexibility index (Phi) is 2.68. The second-order valence-corrected chi connectivity index (χ2v) is 3.63. The van der Waals surface area contributed by atoms with E-state index < -0.39 is 0 Å². The molecule has 0 atom stereocenters. The summed E-state index contributed by atoms with van der Waals surface area (Å²) in [4.78, 5) is 0. The SMILES string of the molecule is Nc1snnc1COc1ccccc1O. The number of nitrogens with two attached hydrogens (primary N) is 1. The number of para-hydroxylation sites is 2. The summed E-state index contributed by atoms with van der Waals surface area (Å²) >= 11 is 1.12. The first-order valence-corrected chi connectivity index (χ1v) is 5.02. The number of phenolic OH excluding ortho intramolecular Hbond substituents is 1. The predicted octanol–water partition coefficient (Wildman–Crippen LogP) is 1.40. The van der Waals surface area contributed by atoms with Crippen LogP contribution in [0.4, 0.5) is 5.00 Å². The molecule has 1 heterocycles. The molecule has 0 aliphatic carbocycles. The van der Waals surface area contributed by atoms with Crippen LogP contribution in [0.2, 0.25) is 0 Å². The summed E-state index contributed by atoms with van der Waals surface area (Å²) in [5.41, 5.74) is 6.18. The van der Waals surface area contributed by atoms with Crippen molar-refractivity contribution >= 4 is 16.5 Å². The van der Waals surface area contributed by atoms with Gasteiger partial charge in [0.1, 0.15) is 17.3 Å². The smallest absolute Gasteiger partial charge is 0.161 e. The first-order chi connectivity index (χ1) is 7.27. The molecule has 15 heavy (non-hydrogen) atoms. The van der Waals surface area contributed by atoms with Gasteiger partial charge in [-0.15, -0.1) is 5.10 Å². The second kappa shape index (κ2) is 4.14. The summed E-state index contributed by atoms with van der Waals surface area (Å²) in [5.74, 6) is 0.504. The molecule has 2 rings (SSSR count). The summed E-state index contributed by atoms with van der Waals surface area (Å²) in [6.07, 6.45) is 0. The van der Waals surface area contributed by atoms with Gasteiger partial charge in [0, 0.05) is 11.5 Å². The summed E-state index contributed by atoms with van der Waals surface area (Å²) in [5, 5.41) is 13.7. The number of hydrogen-bond acceptors (Lipinski definition) is 6. The molecule has 0 saturated heterocycles. The lowest BCUT2D eigenvalue weighted by atomic mass is 10.3. The summed E-state index contributed by atoms with van der Waals surface area (Å²) < 4.78 is 9.02. The van der Waals surface area contributed by atoms with Crippen LogP contribution in [-0.2, 0) is 6.61 Å². The van der Waals surface area contributed by atoms with Crippen molar-refractivity contribution in [1.82, 2.24) is 9.59 Å². The van der Waals surface area contributed by atoms with E-state index in [2.05, 4.69) is 9.59 Å². The van der Waals surface area contributed by atoms with E-state index in [1.54, 1.807) is 24.3 Å². The molecule has 1 aromatic heterocycles. The van der Waals surface area contributed by atoms with Crippen LogP contribution < -0.4 is 10.5 Å². The first kappa shape index (κ1) is 9.72. The number of aromatic nitrogens is 2. The predicted molar refractivity (Wildman–Crippen MR) is 56.8 cm³/mol. The normalized spacial score (nSPS) is 10.1. The van der Waals surface area contributed by atoms with Crippen LogP contribution in [0, 0.1) is 0 Å². The fourth-order valence-electron chi connectivity index (χ4n) is 1.04. The van der Waals surface area contributed by atoms with Crippen LogP contribution in [0.5, 0.6) is 11.5 Å². The lowest BCUT2D eigenvalue weighted by molar-refractivity contribution is 0.285. The monoisotopic (exact) mass is 223 g/mol. The number of anilines is 1. The van der Waals surface area contributed by atoms with E-state index in [4.69, 9.17) is 10.5 Å². The summed E-state index contributed by atoms with van der Waals surface area (Å²) in [6.45, 7) is 0.208. The molecule has 5 nitrogen and oxygen atoms in total. The van der Waals surface area contributed by atoms with E-state index in [1.807, 2.05) is 0 Å². The Morgan fingerprint density at radius 3 is 2.87 bits per heavy atom. The molecule has 0 aliphatic heterocycles. The van der Waals surface area contributed by atoms with Gasteiger partial charge in [0.05, 0.1) is 0 Å². The van der Waals surface area contributed by atoms with E-state index in [9.17, 15) is 5.11 Å². The van der Waals surface area contributed by atoms with Crippen LogP contribution in [-0.4, -0.2) is 14.7 Å². The lowest BCUT2D eigenvalue weighted by Gasteiger charge is -2.05. The zero-order chi connectivity index (χ0) is 10.7. The van der Waals surface area contributed by atoms with Gasteiger partial charge < -0.3 is 15.6 Å². The van der Waals surface area contributed by atoms with Crippen molar-refractivity contribution in [1.29, 1.82) is 0 Å². The Balaban J connectivity index is 2.06. The van der Waals surface area contributed by atoms with Gasteiger partial charge in [0.15, 0.2) is 11.5 Å². The summed E-state index contributed by atoms with van der Waals surface area (Å²) in [6, 6.07) is 6.72. The first-order valence-electron chi connectivity index (χ1n) is 4.25. The molecular formula is C9H9N3O2S. The number of nitrogen functional groups attached to an aromatic ring is 1. The van der Waals surface area contributed by atoms with Gasteiger partial charge >= 0.3 is 0 Å². The van der Waals surface area contributed by atoms with E-state index in [1.165, 1.54) is 0 Å². The topological polar surface area (TPSA) is 81.3 Å². The Morgan fingerprint density at radius 1 is 1.40 bits per heavy atom. The Bertz CT molecular complexity index is 458. The van der Waals surface area contributed by atoms with Crippen molar-refractivity contribution in [3.8, 4) is 11.5 Å². The maximum absolute atomic E-state index is 9.42. The highest BCUT2D eigenvalue weighted by Crippen LogP contribution is 2.25. The molecule has 0 unspecified atom stereocenters. The van der Waals surface area contributed by atoms with Gasteiger partial charge in [-0.2, -0.15) is 0 Å². The fraction of sp³-hybridized carbons (Fsp3) is 0.111. The van der Waals surface area contributed by atoms with Gasteiger partial charge in [-0.3, -0.25) is 0 Å². The van der Waals surface area contributed by atoms with E-state index in [0.29, 0.717) is 16.4 Å². The van der Waals surface area contributed by atoms with Gasteiger partial charge in [-0.25, -0.2) is 0 Å². The average molecular weight is 223 g/mol. The van der Waals surface area contributed by atoms with Crippen LogP contribution in [0.3, 0.4) is 0 Å². The van der Waals surface area contributed by atoms with Crippen LogP contribution >= 0.6 is 11.5 Å². The molecule has 0 radical (unpaired) electrons. The Labute approximate surface area is 90.3 Å². The Hall–Kier alpha value is -1.82. The zero-order valence-electron chi connectivity index (χ0n) is 7.75. The quantitative estimate of drug-likeness (QED) is 0.822. The minimum atomic E-state index is 0.0965. The number of hydrogen-bond donors (Lipinski definition) is 2. The van der Waals surface area contributed by atoms with Gasteiger partial charge in [0.2, 0.25) is 0 Å². The molecule has 0 bridgehead atoms. The molecule has 78 valence electrons. The number of nitrogens with zero attached hydrogens (tertiary/aromatic N) is 2.